The van der Waals surface area contributed by atoms with Gasteiger partial charge < -0.3 is 5.11 Å². The molecule has 0 fully saturated rings. The predicted octanol–water partition coefficient (Wildman–Crippen LogP) is 1.91. The topological polar surface area (TPSA) is 37.3 Å². The summed E-state index contributed by atoms with van der Waals surface area (Å²) >= 11 is 0. The van der Waals surface area contributed by atoms with E-state index in [9.17, 15) is 9.90 Å². The summed E-state index contributed by atoms with van der Waals surface area (Å²) < 4.78 is 0. The summed E-state index contributed by atoms with van der Waals surface area (Å²) in [6, 6.07) is 5.14. The van der Waals surface area contributed by atoms with Gasteiger partial charge in [-0.1, -0.05) is 12.1 Å². The monoisotopic (exact) mass is 162 g/mol. The van der Waals surface area contributed by atoms with Crippen molar-refractivity contribution >= 4 is 5.78 Å². The molecule has 2 rings (SSSR count). The van der Waals surface area contributed by atoms with Crippen LogP contribution in [0.4, 0.5) is 0 Å². The molecule has 0 atom stereocenters. The van der Waals surface area contributed by atoms with Crippen LogP contribution < -0.4 is 0 Å². The minimum atomic E-state index is 0.159. The summed E-state index contributed by atoms with van der Waals surface area (Å²) in [4.78, 5) is 11.3. The van der Waals surface area contributed by atoms with Crippen molar-refractivity contribution < 1.29 is 9.90 Å². The zero-order valence-corrected chi connectivity index (χ0v) is 6.71. The number of hydrogen-bond acceptors (Lipinski definition) is 2. The third-order valence-corrected chi connectivity index (χ3v) is 2.28. The Hall–Kier alpha value is -1.31. The van der Waals surface area contributed by atoms with E-state index in [1.807, 2.05) is 0 Å². The summed E-state index contributed by atoms with van der Waals surface area (Å²) in [5, 5.41) is 9.42. The number of phenolic OH excluding ortho intramolecular Hbond substituents is 1. The quantitative estimate of drug-likeness (QED) is 0.632. The summed E-state index contributed by atoms with van der Waals surface area (Å²) in [6.07, 6.45) is 2.31. The van der Waals surface area contributed by atoms with E-state index in [2.05, 4.69) is 0 Å². The number of aromatic hydroxyl groups is 1. The van der Waals surface area contributed by atoms with Crippen molar-refractivity contribution in [3.63, 3.8) is 0 Å². The highest BCUT2D eigenvalue weighted by Gasteiger charge is 2.18. The second-order valence-corrected chi connectivity index (χ2v) is 3.08. The van der Waals surface area contributed by atoms with E-state index in [-0.39, 0.29) is 11.5 Å². The number of carbonyl (C=O) groups is 1. The van der Waals surface area contributed by atoms with E-state index in [0.717, 1.165) is 18.4 Å². The van der Waals surface area contributed by atoms with Crippen LogP contribution in [-0.2, 0) is 6.42 Å². The van der Waals surface area contributed by atoms with Crippen LogP contribution in [-0.4, -0.2) is 10.9 Å². The Morgan fingerprint density at radius 1 is 1.25 bits per heavy atom. The molecule has 1 aromatic rings. The van der Waals surface area contributed by atoms with Crippen molar-refractivity contribution in [3.8, 4) is 5.75 Å². The van der Waals surface area contributed by atoms with Crippen molar-refractivity contribution in [2.45, 2.75) is 19.3 Å². The molecular formula is C10H10O2. The molecule has 0 saturated heterocycles. The van der Waals surface area contributed by atoms with E-state index < -0.39 is 0 Å². The Bertz CT molecular complexity index is 329. The van der Waals surface area contributed by atoms with E-state index in [0.29, 0.717) is 12.0 Å². The number of phenols is 1. The molecule has 0 heterocycles. The van der Waals surface area contributed by atoms with Crippen LogP contribution in [0.5, 0.6) is 5.75 Å². The highest BCUT2D eigenvalue weighted by molar-refractivity contribution is 5.99. The lowest BCUT2D eigenvalue weighted by Crippen LogP contribution is -2.10. The molecule has 12 heavy (non-hydrogen) atoms. The van der Waals surface area contributed by atoms with Gasteiger partial charge >= 0.3 is 0 Å². The highest BCUT2D eigenvalue weighted by Crippen LogP contribution is 2.28. The van der Waals surface area contributed by atoms with Crippen molar-refractivity contribution in [2.75, 3.05) is 0 Å². The number of benzene rings is 1. The lowest BCUT2D eigenvalue weighted by atomic mass is 9.90. The van der Waals surface area contributed by atoms with Gasteiger partial charge in [-0.15, -0.1) is 0 Å². The molecule has 1 aromatic carbocycles. The van der Waals surface area contributed by atoms with Gasteiger partial charge in [0.2, 0.25) is 0 Å². The third kappa shape index (κ3) is 0.998. The fourth-order valence-electron chi connectivity index (χ4n) is 1.66. The van der Waals surface area contributed by atoms with Crippen LogP contribution in [0, 0.1) is 0 Å². The molecule has 1 aliphatic carbocycles. The summed E-state index contributed by atoms with van der Waals surface area (Å²) in [5.41, 5.74) is 1.54. The zero-order chi connectivity index (χ0) is 8.55. The number of hydrogen-bond donors (Lipinski definition) is 1. The Morgan fingerprint density at radius 2 is 2.08 bits per heavy atom. The van der Waals surface area contributed by atoms with Crippen LogP contribution in [0.15, 0.2) is 18.2 Å². The van der Waals surface area contributed by atoms with Gasteiger partial charge in [-0.2, -0.15) is 0 Å². The summed E-state index contributed by atoms with van der Waals surface area (Å²) in [7, 11) is 0. The van der Waals surface area contributed by atoms with Gasteiger partial charge in [0.25, 0.3) is 0 Å². The maximum atomic E-state index is 11.3. The van der Waals surface area contributed by atoms with Crippen LogP contribution in [0.3, 0.4) is 0 Å². The molecular weight excluding hydrogens is 152 g/mol. The molecule has 0 unspecified atom stereocenters. The first kappa shape index (κ1) is 7.35. The van der Waals surface area contributed by atoms with Crippen molar-refractivity contribution in [1.82, 2.24) is 0 Å². The average Bonchev–Trinajstić information content (AvgIpc) is 2.07. The largest absolute Gasteiger partial charge is 0.508 e. The maximum Gasteiger partial charge on any atom is 0.163 e. The van der Waals surface area contributed by atoms with Crippen LogP contribution >= 0.6 is 0 Å². The standard InChI is InChI=1S/C10H10O2/c11-9-5-1-3-7-8(9)4-2-6-10(7)12/h1,3,5,11H,2,4,6H2. The lowest BCUT2D eigenvalue weighted by Gasteiger charge is -2.14. The minimum Gasteiger partial charge on any atom is -0.508 e. The zero-order valence-electron chi connectivity index (χ0n) is 6.71. The second-order valence-electron chi connectivity index (χ2n) is 3.08. The van der Waals surface area contributed by atoms with Crippen LogP contribution in [0.25, 0.3) is 0 Å². The number of ketones is 1. The van der Waals surface area contributed by atoms with Crippen LogP contribution in [0.1, 0.15) is 28.8 Å². The van der Waals surface area contributed by atoms with Gasteiger partial charge in [-0.25, -0.2) is 0 Å². The Kier molecular flexibility index (Phi) is 1.61. The first-order valence-corrected chi connectivity index (χ1v) is 4.13. The normalized spacial score (nSPS) is 15.8. The van der Waals surface area contributed by atoms with Crippen molar-refractivity contribution in [1.29, 1.82) is 0 Å². The number of rotatable bonds is 0. The Balaban J connectivity index is 2.59. The summed E-state index contributed by atoms with van der Waals surface area (Å²) in [5.74, 6) is 0.424. The fraction of sp³-hybridized carbons (Fsp3) is 0.300. The van der Waals surface area contributed by atoms with E-state index in [1.54, 1.807) is 18.2 Å². The lowest BCUT2D eigenvalue weighted by molar-refractivity contribution is 0.0971. The van der Waals surface area contributed by atoms with Gasteiger partial charge in [0.15, 0.2) is 5.78 Å². The molecule has 1 N–H and O–H groups in total. The van der Waals surface area contributed by atoms with Gasteiger partial charge in [-0.3, -0.25) is 4.79 Å². The number of Topliss-reactive ketones (excluding diaryl/α,β-unsaturated/α-hetero) is 1. The average molecular weight is 162 g/mol. The SMILES string of the molecule is O=C1CCCc2c(O)cccc21. The van der Waals surface area contributed by atoms with Crippen molar-refractivity contribution in [2.24, 2.45) is 0 Å². The Morgan fingerprint density at radius 3 is 2.83 bits per heavy atom. The molecule has 0 aromatic heterocycles. The maximum absolute atomic E-state index is 11.3. The number of fused-ring (bicyclic) bond motifs is 1. The van der Waals surface area contributed by atoms with E-state index in [1.165, 1.54) is 0 Å². The summed E-state index contributed by atoms with van der Waals surface area (Å²) in [6.45, 7) is 0. The van der Waals surface area contributed by atoms with Gasteiger partial charge in [0.05, 0.1) is 0 Å². The molecule has 2 heteroatoms. The molecule has 0 aliphatic heterocycles. The first-order chi connectivity index (χ1) is 5.79. The molecule has 0 amide bonds. The molecule has 0 radical (unpaired) electrons. The van der Waals surface area contributed by atoms with Gasteiger partial charge in [0, 0.05) is 17.5 Å². The molecule has 0 spiro atoms. The van der Waals surface area contributed by atoms with Crippen LogP contribution in [0.2, 0.25) is 0 Å². The smallest absolute Gasteiger partial charge is 0.163 e. The first-order valence-electron chi connectivity index (χ1n) is 4.13. The van der Waals surface area contributed by atoms with E-state index >= 15 is 0 Å². The predicted molar refractivity (Wildman–Crippen MR) is 45.4 cm³/mol. The minimum absolute atomic E-state index is 0.159. The fourth-order valence-corrected chi connectivity index (χ4v) is 1.66. The molecule has 2 nitrogen and oxygen atoms in total. The number of carbonyl (C=O) groups excluding carboxylic acids is 1. The van der Waals surface area contributed by atoms with Gasteiger partial charge in [-0.05, 0) is 18.9 Å². The Labute approximate surface area is 70.8 Å². The molecule has 1 aliphatic rings. The second kappa shape index (κ2) is 2.63. The molecule has 0 bridgehead atoms. The highest BCUT2D eigenvalue weighted by atomic mass is 16.3. The van der Waals surface area contributed by atoms with Crippen molar-refractivity contribution in [3.05, 3.63) is 29.3 Å². The third-order valence-electron chi connectivity index (χ3n) is 2.28. The van der Waals surface area contributed by atoms with Gasteiger partial charge in [0.1, 0.15) is 5.75 Å². The molecule has 0 saturated carbocycles. The molecule has 62 valence electrons. The van der Waals surface area contributed by atoms with E-state index in [4.69, 9.17) is 0 Å².